The highest BCUT2D eigenvalue weighted by molar-refractivity contribution is 5.37. The van der Waals surface area contributed by atoms with E-state index in [0.717, 1.165) is 13.1 Å². The van der Waals surface area contributed by atoms with Crippen molar-refractivity contribution in [1.29, 1.82) is 0 Å². The third-order valence-corrected chi connectivity index (χ3v) is 3.93. The number of morpholine rings is 1. The van der Waals surface area contributed by atoms with E-state index >= 15 is 0 Å². The Labute approximate surface area is 125 Å². The molecule has 1 aliphatic rings. The molecule has 0 radical (unpaired) electrons. The Kier molecular flexibility index (Phi) is 5.52. The van der Waals surface area contributed by atoms with Crippen molar-refractivity contribution in [1.82, 2.24) is 10.3 Å². The molecule has 1 aromatic carbocycles. The van der Waals surface area contributed by atoms with Crippen LogP contribution in [0.5, 0.6) is 5.75 Å². The third-order valence-electron chi connectivity index (χ3n) is 3.93. The molecule has 0 amide bonds. The minimum absolute atomic E-state index is 0.151. The second kappa shape index (κ2) is 7.17. The number of nitrogens with two attached hydrogens (primary N) is 1. The van der Waals surface area contributed by atoms with Crippen LogP contribution in [0.1, 0.15) is 25.5 Å². The summed E-state index contributed by atoms with van der Waals surface area (Å²) >= 11 is 0. The Morgan fingerprint density at radius 3 is 2.86 bits per heavy atom. The number of halogens is 1. The van der Waals surface area contributed by atoms with Crippen molar-refractivity contribution in [2.45, 2.75) is 32.0 Å². The van der Waals surface area contributed by atoms with Gasteiger partial charge < -0.3 is 9.47 Å². The molecular formula is C15H24FN3O2. The summed E-state index contributed by atoms with van der Waals surface area (Å²) < 4.78 is 24.7. The van der Waals surface area contributed by atoms with E-state index in [9.17, 15) is 4.39 Å². The van der Waals surface area contributed by atoms with Gasteiger partial charge in [-0.1, -0.05) is 0 Å². The Morgan fingerprint density at radius 2 is 2.24 bits per heavy atom. The molecule has 2 atom stereocenters. The first kappa shape index (κ1) is 16.2. The minimum atomic E-state index is -0.322. The maximum absolute atomic E-state index is 13.6. The molecule has 21 heavy (non-hydrogen) atoms. The summed E-state index contributed by atoms with van der Waals surface area (Å²) in [7, 11) is 1.56. The Balaban J connectivity index is 2.24. The van der Waals surface area contributed by atoms with Gasteiger partial charge in [0, 0.05) is 24.7 Å². The highest BCUT2D eigenvalue weighted by Gasteiger charge is 2.31. The summed E-state index contributed by atoms with van der Waals surface area (Å²) in [4.78, 5) is 2.32. The summed E-state index contributed by atoms with van der Waals surface area (Å²) in [6.45, 7) is 6.57. The average molecular weight is 297 g/mol. The molecule has 0 aliphatic carbocycles. The SMILES string of the molecule is COc1ccc(F)cc1C(NN)C1CN(C(C)C)CCO1. The zero-order chi connectivity index (χ0) is 15.4. The molecular weight excluding hydrogens is 273 g/mol. The molecule has 2 unspecified atom stereocenters. The van der Waals surface area contributed by atoms with Crippen molar-refractivity contribution in [3.8, 4) is 5.75 Å². The van der Waals surface area contributed by atoms with Crippen LogP contribution in [0.2, 0.25) is 0 Å². The van der Waals surface area contributed by atoms with E-state index < -0.39 is 0 Å². The van der Waals surface area contributed by atoms with Crippen LogP contribution in [0, 0.1) is 5.82 Å². The first-order valence-corrected chi connectivity index (χ1v) is 7.22. The number of methoxy groups -OCH3 is 1. The fourth-order valence-corrected chi connectivity index (χ4v) is 2.71. The minimum Gasteiger partial charge on any atom is -0.496 e. The lowest BCUT2D eigenvalue weighted by Gasteiger charge is -2.39. The van der Waals surface area contributed by atoms with E-state index in [1.807, 2.05) is 0 Å². The van der Waals surface area contributed by atoms with Gasteiger partial charge in [-0.2, -0.15) is 0 Å². The summed E-state index contributed by atoms with van der Waals surface area (Å²) in [5, 5.41) is 0. The summed E-state index contributed by atoms with van der Waals surface area (Å²) in [6.07, 6.45) is -0.151. The number of ether oxygens (including phenoxy) is 2. The van der Waals surface area contributed by atoms with Crippen LogP contribution in [0.4, 0.5) is 4.39 Å². The number of nitrogens with zero attached hydrogens (tertiary/aromatic N) is 1. The number of hydrogen-bond acceptors (Lipinski definition) is 5. The molecule has 118 valence electrons. The number of nitrogens with one attached hydrogen (secondary N) is 1. The fourth-order valence-electron chi connectivity index (χ4n) is 2.71. The van der Waals surface area contributed by atoms with E-state index in [4.69, 9.17) is 15.3 Å². The van der Waals surface area contributed by atoms with Crippen molar-refractivity contribution in [3.63, 3.8) is 0 Å². The number of hydrogen-bond donors (Lipinski definition) is 2. The van der Waals surface area contributed by atoms with Crippen LogP contribution in [0.3, 0.4) is 0 Å². The lowest BCUT2D eigenvalue weighted by molar-refractivity contribution is -0.0564. The van der Waals surface area contributed by atoms with Crippen LogP contribution >= 0.6 is 0 Å². The van der Waals surface area contributed by atoms with E-state index in [1.54, 1.807) is 13.2 Å². The molecule has 1 saturated heterocycles. The lowest BCUT2D eigenvalue weighted by atomic mass is 9.99. The molecule has 1 heterocycles. The van der Waals surface area contributed by atoms with Crippen molar-refractivity contribution >= 4 is 0 Å². The van der Waals surface area contributed by atoms with Crippen molar-refractivity contribution in [3.05, 3.63) is 29.6 Å². The highest BCUT2D eigenvalue weighted by atomic mass is 19.1. The van der Waals surface area contributed by atoms with Gasteiger partial charge in [-0.15, -0.1) is 0 Å². The number of benzene rings is 1. The van der Waals surface area contributed by atoms with Gasteiger partial charge in [0.05, 0.1) is 25.9 Å². The van der Waals surface area contributed by atoms with Gasteiger partial charge in [0.25, 0.3) is 0 Å². The van der Waals surface area contributed by atoms with Crippen LogP contribution in [-0.2, 0) is 4.74 Å². The summed E-state index contributed by atoms with van der Waals surface area (Å²) in [6, 6.07) is 4.54. The van der Waals surface area contributed by atoms with Gasteiger partial charge in [-0.25, -0.2) is 4.39 Å². The normalized spacial score (nSPS) is 21.5. The Bertz CT molecular complexity index is 470. The lowest BCUT2D eigenvalue weighted by Crippen LogP contribution is -2.51. The monoisotopic (exact) mass is 297 g/mol. The van der Waals surface area contributed by atoms with Crippen molar-refractivity contribution in [2.75, 3.05) is 26.8 Å². The van der Waals surface area contributed by atoms with Gasteiger partial charge >= 0.3 is 0 Å². The average Bonchev–Trinajstić information content (AvgIpc) is 2.48. The first-order valence-electron chi connectivity index (χ1n) is 7.22. The highest BCUT2D eigenvalue weighted by Crippen LogP contribution is 2.30. The second-order valence-electron chi connectivity index (χ2n) is 5.53. The molecule has 3 N–H and O–H groups in total. The molecule has 1 fully saturated rings. The van der Waals surface area contributed by atoms with E-state index in [0.29, 0.717) is 24.0 Å². The van der Waals surface area contributed by atoms with E-state index in [-0.39, 0.29) is 18.0 Å². The van der Waals surface area contributed by atoms with Crippen LogP contribution in [0.15, 0.2) is 18.2 Å². The van der Waals surface area contributed by atoms with Crippen molar-refractivity contribution in [2.24, 2.45) is 5.84 Å². The van der Waals surface area contributed by atoms with E-state index in [2.05, 4.69) is 24.2 Å². The largest absolute Gasteiger partial charge is 0.496 e. The van der Waals surface area contributed by atoms with Gasteiger partial charge in [0.2, 0.25) is 0 Å². The fraction of sp³-hybridized carbons (Fsp3) is 0.600. The summed E-state index contributed by atoms with van der Waals surface area (Å²) in [5.74, 6) is 5.99. The molecule has 1 aromatic rings. The third kappa shape index (κ3) is 3.71. The van der Waals surface area contributed by atoms with Gasteiger partial charge in [-0.3, -0.25) is 16.2 Å². The van der Waals surface area contributed by atoms with Crippen LogP contribution in [0.25, 0.3) is 0 Å². The molecule has 2 rings (SSSR count). The Hall–Kier alpha value is -1.21. The number of rotatable bonds is 5. The maximum Gasteiger partial charge on any atom is 0.123 e. The predicted molar refractivity (Wildman–Crippen MR) is 79.5 cm³/mol. The molecule has 0 saturated carbocycles. The number of hydrazine groups is 1. The topological polar surface area (TPSA) is 59.8 Å². The van der Waals surface area contributed by atoms with Gasteiger partial charge in [-0.05, 0) is 32.0 Å². The van der Waals surface area contributed by atoms with E-state index in [1.165, 1.54) is 12.1 Å². The van der Waals surface area contributed by atoms with Gasteiger partial charge in [0.15, 0.2) is 0 Å². The molecule has 0 bridgehead atoms. The molecule has 1 aliphatic heterocycles. The van der Waals surface area contributed by atoms with Crippen LogP contribution in [-0.4, -0.2) is 43.9 Å². The van der Waals surface area contributed by atoms with Crippen LogP contribution < -0.4 is 16.0 Å². The molecule has 6 heteroatoms. The standard InChI is InChI=1S/C15H24FN3O2/c1-10(2)19-6-7-21-14(9-19)15(18-17)12-8-11(16)4-5-13(12)20-3/h4-5,8,10,14-15,18H,6-7,9,17H2,1-3H3. The zero-order valence-electron chi connectivity index (χ0n) is 12.8. The quantitative estimate of drug-likeness (QED) is 0.636. The smallest absolute Gasteiger partial charge is 0.123 e. The molecule has 0 aromatic heterocycles. The van der Waals surface area contributed by atoms with Gasteiger partial charge in [0.1, 0.15) is 11.6 Å². The zero-order valence-corrected chi connectivity index (χ0v) is 12.8. The Morgan fingerprint density at radius 1 is 1.48 bits per heavy atom. The predicted octanol–water partition coefficient (Wildman–Crippen LogP) is 1.45. The molecule has 5 nitrogen and oxygen atoms in total. The summed E-state index contributed by atoms with van der Waals surface area (Å²) in [5.41, 5.74) is 3.43. The maximum atomic E-state index is 13.6. The van der Waals surface area contributed by atoms with Crippen molar-refractivity contribution < 1.29 is 13.9 Å². The first-order chi connectivity index (χ1) is 10.1. The second-order valence-corrected chi connectivity index (χ2v) is 5.53. The molecule has 0 spiro atoms.